The quantitative estimate of drug-likeness (QED) is 0.608. The summed E-state index contributed by atoms with van der Waals surface area (Å²) in [6.45, 7) is 4.06. The fraction of sp³-hybridized carbons (Fsp3) is 0.150. The SMILES string of the molecule is Cc1noc(C)c1COc1ccccc1-c1nc2ccccc2c(=O)[nH]1. The van der Waals surface area contributed by atoms with Gasteiger partial charge in [-0.3, -0.25) is 4.79 Å². The van der Waals surface area contributed by atoms with Gasteiger partial charge < -0.3 is 14.2 Å². The van der Waals surface area contributed by atoms with Crippen molar-refractivity contribution in [2.75, 3.05) is 0 Å². The molecule has 0 atom stereocenters. The van der Waals surface area contributed by atoms with Crippen LogP contribution in [-0.4, -0.2) is 15.1 Å². The van der Waals surface area contributed by atoms with Crippen LogP contribution in [0, 0.1) is 13.8 Å². The number of benzene rings is 2. The van der Waals surface area contributed by atoms with Crippen molar-refractivity contribution in [3.63, 3.8) is 0 Å². The highest BCUT2D eigenvalue weighted by Gasteiger charge is 2.13. The minimum absolute atomic E-state index is 0.175. The third-order valence-electron chi connectivity index (χ3n) is 4.31. The molecule has 2 aromatic carbocycles. The second-order valence-electron chi connectivity index (χ2n) is 6.02. The van der Waals surface area contributed by atoms with E-state index in [0.29, 0.717) is 29.1 Å². The minimum Gasteiger partial charge on any atom is -0.488 e. The van der Waals surface area contributed by atoms with Gasteiger partial charge in [-0.05, 0) is 38.1 Å². The molecule has 26 heavy (non-hydrogen) atoms. The summed E-state index contributed by atoms with van der Waals surface area (Å²) in [6, 6.07) is 14.7. The van der Waals surface area contributed by atoms with E-state index in [9.17, 15) is 4.79 Å². The van der Waals surface area contributed by atoms with Crippen LogP contribution >= 0.6 is 0 Å². The van der Waals surface area contributed by atoms with Crippen molar-refractivity contribution in [1.29, 1.82) is 0 Å². The summed E-state index contributed by atoms with van der Waals surface area (Å²) >= 11 is 0. The molecule has 0 radical (unpaired) electrons. The molecule has 1 N–H and O–H groups in total. The largest absolute Gasteiger partial charge is 0.488 e. The van der Waals surface area contributed by atoms with Gasteiger partial charge >= 0.3 is 0 Å². The van der Waals surface area contributed by atoms with Crippen LogP contribution in [0.4, 0.5) is 0 Å². The molecule has 0 bridgehead atoms. The Balaban J connectivity index is 1.73. The number of hydrogen-bond acceptors (Lipinski definition) is 5. The molecule has 2 aromatic heterocycles. The topological polar surface area (TPSA) is 81.0 Å². The third-order valence-corrected chi connectivity index (χ3v) is 4.31. The van der Waals surface area contributed by atoms with Gasteiger partial charge in [0.2, 0.25) is 0 Å². The maximum Gasteiger partial charge on any atom is 0.259 e. The number of rotatable bonds is 4. The van der Waals surface area contributed by atoms with Gasteiger partial charge in [0.25, 0.3) is 5.56 Å². The fourth-order valence-electron chi connectivity index (χ4n) is 2.86. The summed E-state index contributed by atoms with van der Waals surface area (Å²) in [5.74, 6) is 1.84. The van der Waals surface area contributed by atoms with E-state index < -0.39 is 0 Å². The molecule has 130 valence electrons. The van der Waals surface area contributed by atoms with E-state index in [1.165, 1.54) is 0 Å². The Kier molecular flexibility index (Phi) is 4.01. The zero-order chi connectivity index (χ0) is 18.1. The highest BCUT2D eigenvalue weighted by Crippen LogP contribution is 2.28. The molecule has 4 rings (SSSR count). The maximum atomic E-state index is 12.4. The van der Waals surface area contributed by atoms with Gasteiger partial charge in [0.1, 0.15) is 23.9 Å². The lowest BCUT2D eigenvalue weighted by Gasteiger charge is -2.11. The predicted molar refractivity (Wildman–Crippen MR) is 98.1 cm³/mol. The molecule has 6 nitrogen and oxygen atoms in total. The molecule has 0 saturated carbocycles. The van der Waals surface area contributed by atoms with Crippen LogP contribution in [-0.2, 0) is 6.61 Å². The second kappa shape index (κ2) is 6.48. The first-order chi connectivity index (χ1) is 12.6. The number of fused-ring (bicyclic) bond motifs is 1. The van der Waals surface area contributed by atoms with E-state index in [-0.39, 0.29) is 5.56 Å². The Hall–Kier alpha value is -3.41. The summed E-state index contributed by atoms with van der Waals surface area (Å²) < 4.78 is 11.2. The first-order valence-corrected chi connectivity index (χ1v) is 8.26. The number of ether oxygens (including phenoxy) is 1. The van der Waals surface area contributed by atoms with E-state index in [1.807, 2.05) is 56.3 Å². The first kappa shape index (κ1) is 16.1. The van der Waals surface area contributed by atoms with Crippen LogP contribution in [0.3, 0.4) is 0 Å². The Morgan fingerprint density at radius 1 is 1.08 bits per heavy atom. The zero-order valence-electron chi connectivity index (χ0n) is 14.4. The van der Waals surface area contributed by atoms with Gasteiger partial charge in [-0.1, -0.05) is 29.4 Å². The summed E-state index contributed by atoms with van der Waals surface area (Å²) in [6.07, 6.45) is 0. The number of aromatic nitrogens is 3. The molecule has 2 heterocycles. The number of hydrogen-bond donors (Lipinski definition) is 1. The van der Waals surface area contributed by atoms with E-state index in [1.54, 1.807) is 6.07 Å². The number of aromatic amines is 1. The third kappa shape index (κ3) is 2.86. The van der Waals surface area contributed by atoms with Crippen LogP contribution in [0.25, 0.3) is 22.3 Å². The number of H-pyrrole nitrogens is 1. The molecule has 0 fully saturated rings. The number of para-hydroxylation sites is 2. The van der Waals surface area contributed by atoms with Gasteiger partial charge in [-0.15, -0.1) is 0 Å². The minimum atomic E-state index is -0.175. The van der Waals surface area contributed by atoms with Gasteiger partial charge in [-0.2, -0.15) is 0 Å². The Morgan fingerprint density at radius 2 is 1.85 bits per heavy atom. The molecule has 4 aromatic rings. The van der Waals surface area contributed by atoms with Gasteiger partial charge in [-0.25, -0.2) is 4.98 Å². The van der Waals surface area contributed by atoms with Crippen LogP contribution in [0.2, 0.25) is 0 Å². The number of nitrogens with zero attached hydrogens (tertiary/aromatic N) is 2. The highest BCUT2D eigenvalue weighted by molar-refractivity contribution is 5.80. The van der Waals surface area contributed by atoms with Crippen LogP contribution in [0.1, 0.15) is 17.0 Å². The summed E-state index contributed by atoms with van der Waals surface area (Å²) in [7, 11) is 0. The van der Waals surface area contributed by atoms with Crippen molar-refractivity contribution in [3.05, 3.63) is 75.9 Å². The fourth-order valence-corrected chi connectivity index (χ4v) is 2.86. The maximum absolute atomic E-state index is 12.4. The zero-order valence-corrected chi connectivity index (χ0v) is 14.4. The standard InChI is InChI=1S/C20H17N3O3/c1-12-16(13(2)26-23-12)11-25-18-10-6-4-8-15(18)19-21-17-9-5-3-7-14(17)20(24)22-19/h3-10H,11H2,1-2H3,(H,21,22,24). The molecule has 0 amide bonds. The monoisotopic (exact) mass is 347 g/mol. The van der Waals surface area contributed by atoms with Crippen molar-refractivity contribution in [2.45, 2.75) is 20.5 Å². The average molecular weight is 347 g/mol. The first-order valence-electron chi connectivity index (χ1n) is 8.26. The predicted octanol–water partition coefficient (Wildman–Crippen LogP) is 3.77. The molecule has 0 unspecified atom stereocenters. The lowest BCUT2D eigenvalue weighted by Crippen LogP contribution is -2.10. The summed E-state index contributed by atoms with van der Waals surface area (Å²) in [5, 5.41) is 4.50. The van der Waals surface area contributed by atoms with E-state index >= 15 is 0 Å². The van der Waals surface area contributed by atoms with Crippen molar-refractivity contribution in [1.82, 2.24) is 15.1 Å². The lowest BCUT2D eigenvalue weighted by molar-refractivity contribution is 0.303. The van der Waals surface area contributed by atoms with Crippen LogP contribution < -0.4 is 10.3 Å². The second-order valence-corrected chi connectivity index (χ2v) is 6.02. The summed E-state index contributed by atoms with van der Waals surface area (Å²) in [5.41, 5.74) is 2.91. The Bertz CT molecular complexity index is 1120. The van der Waals surface area contributed by atoms with E-state index in [2.05, 4.69) is 15.1 Å². The lowest BCUT2D eigenvalue weighted by atomic mass is 10.1. The smallest absolute Gasteiger partial charge is 0.259 e. The molecule has 0 aliphatic carbocycles. The average Bonchev–Trinajstić information content (AvgIpc) is 2.98. The van der Waals surface area contributed by atoms with Crippen molar-refractivity contribution in [3.8, 4) is 17.1 Å². The van der Waals surface area contributed by atoms with Gasteiger partial charge in [0.05, 0.1) is 27.7 Å². The van der Waals surface area contributed by atoms with E-state index in [0.717, 1.165) is 22.6 Å². The molecular weight excluding hydrogens is 330 g/mol. The molecule has 0 aliphatic rings. The Labute approximate surface area is 149 Å². The number of nitrogens with one attached hydrogen (secondary N) is 1. The van der Waals surface area contributed by atoms with Crippen molar-refractivity contribution < 1.29 is 9.26 Å². The van der Waals surface area contributed by atoms with E-state index in [4.69, 9.17) is 9.26 Å². The van der Waals surface area contributed by atoms with Gasteiger partial charge in [0, 0.05) is 0 Å². The van der Waals surface area contributed by atoms with Crippen LogP contribution in [0.15, 0.2) is 57.8 Å². The number of aryl methyl sites for hydroxylation is 2. The molecule has 6 heteroatoms. The van der Waals surface area contributed by atoms with Crippen LogP contribution in [0.5, 0.6) is 5.75 Å². The molecule has 0 spiro atoms. The molecule has 0 saturated heterocycles. The van der Waals surface area contributed by atoms with Crippen molar-refractivity contribution in [2.24, 2.45) is 0 Å². The van der Waals surface area contributed by atoms with Crippen molar-refractivity contribution >= 4 is 10.9 Å². The molecular formula is C20H17N3O3. The molecule has 0 aliphatic heterocycles. The van der Waals surface area contributed by atoms with Gasteiger partial charge in [0.15, 0.2) is 0 Å². The Morgan fingerprint density at radius 3 is 2.65 bits per heavy atom. The summed E-state index contributed by atoms with van der Waals surface area (Å²) in [4.78, 5) is 19.8. The normalized spacial score (nSPS) is 11.0. The highest BCUT2D eigenvalue weighted by atomic mass is 16.5.